The van der Waals surface area contributed by atoms with Crippen LogP contribution in [0.25, 0.3) is 0 Å². The van der Waals surface area contributed by atoms with Gasteiger partial charge in [0.2, 0.25) is 10.0 Å². The number of hydrogen-bond acceptors (Lipinski definition) is 5. The highest BCUT2D eigenvalue weighted by Crippen LogP contribution is 2.32. The van der Waals surface area contributed by atoms with Gasteiger partial charge in [-0.15, -0.1) is 0 Å². The Bertz CT molecular complexity index is 638. The number of ether oxygens (including phenoxy) is 3. The first kappa shape index (κ1) is 16.5. The highest BCUT2D eigenvalue weighted by atomic mass is 32.2. The molecular formula is C16H23NO5S. The van der Waals surface area contributed by atoms with Crippen molar-refractivity contribution in [2.24, 2.45) is 0 Å². The van der Waals surface area contributed by atoms with Gasteiger partial charge in [-0.1, -0.05) is 0 Å². The number of benzene rings is 1. The van der Waals surface area contributed by atoms with Crippen LogP contribution < -0.4 is 14.2 Å². The van der Waals surface area contributed by atoms with Crippen LogP contribution in [0.1, 0.15) is 32.1 Å². The lowest BCUT2D eigenvalue weighted by molar-refractivity contribution is 0.0649. The molecule has 0 bridgehead atoms. The quantitative estimate of drug-likeness (QED) is 0.908. The molecule has 6 nitrogen and oxygen atoms in total. The molecule has 0 amide bonds. The lowest BCUT2D eigenvalue weighted by Crippen LogP contribution is -2.38. The number of methoxy groups -OCH3 is 1. The van der Waals surface area contributed by atoms with Gasteiger partial charge in [0.15, 0.2) is 11.5 Å². The first-order valence-corrected chi connectivity index (χ1v) is 9.51. The van der Waals surface area contributed by atoms with Gasteiger partial charge in [0.25, 0.3) is 0 Å². The zero-order valence-electron chi connectivity index (χ0n) is 13.3. The van der Waals surface area contributed by atoms with Crippen LogP contribution in [0.2, 0.25) is 0 Å². The predicted molar refractivity (Wildman–Crippen MR) is 85.4 cm³/mol. The third-order valence-corrected chi connectivity index (χ3v) is 5.88. The van der Waals surface area contributed by atoms with Crippen molar-refractivity contribution in [3.8, 4) is 11.5 Å². The largest absolute Gasteiger partial charge is 0.490 e. The molecule has 2 aliphatic rings. The number of hydrogen-bond donors (Lipinski definition) is 1. The fourth-order valence-electron chi connectivity index (χ4n) is 3.01. The van der Waals surface area contributed by atoms with Gasteiger partial charge in [-0.2, -0.15) is 0 Å². The molecule has 7 heteroatoms. The molecule has 128 valence electrons. The van der Waals surface area contributed by atoms with Crippen LogP contribution in [0.5, 0.6) is 11.5 Å². The standard InChI is InChI=1S/C16H23NO5S/c1-20-13-5-3-12(4-6-13)17-23(18,19)14-7-8-15-16(11-14)22-10-2-9-21-15/h7-8,11-13,17H,2-6,9-10H2,1H3. The Labute approximate surface area is 137 Å². The molecule has 1 N–H and O–H groups in total. The van der Waals surface area contributed by atoms with Crippen LogP contribution in [-0.2, 0) is 14.8 Å². The molecule has 1 aromatic rings. The van der Waals surface area contributed by atoms with Crippen LogP contribution in [0.3, 0.4) is 0 Å². The molecule has 1 aromatic carbocycles. The van der Waals surface area contributed by atoms with E-state index in [1.54, 1.807) is 25.3 Å². The Kier molecular flexibility index (Phi) is 5.08. The maximum Gasteiger partial charge on any atom is 0.240 e. The number of sulfonamides is 1. The zero-order valence-corrected chi connectivity index (χ0v) is 14.1. The summed E-state index contributed by atoms with van der Waals surface area (Å²) in [6.07, 6.45) is 4.38. The molecule has 1 aliphatic heterocycles. The Morgan fingerprint density at radius 3 is 2.48 bits per heavy atom. The van der Waals surface area contributed by atoms with Gasteiger partial charge in [-0.3, -0.25) is 0 Å². The minimum Gasteiger partial charge on any atom is -0.490 e. The van der Waals surface area contributed by atoms with E-state index in [0.717, 1.165) is 32.1 Å². The maximum atomic E-state index is 12.6. The van der Waals surface area contributed by atoms with E-state index in [1.807, 2.05) is 0 Å². The van der Waals surface area contributed by atoms with E-state index in [1.165, 1.54) is 0 Å². The molecule has 3 rings (SSSR count). The van der Waals surface area contributed by atoms with E-state index in [9.17, 15) is 8.42 Å². The van der Waals surface area contributed by atoms with Crippen LogP contribution in [0.4, 0.5) is 0 Å². The second-order valence-corrected chi connectivity index (χ2v) is 7.70. The fraction of sp³-hybridized carbons (Fsp3) is 0.625. The third-order valence-electron chi connectivity index (χ3n) is 4.36. The fourth-order valence-corrected chi connectivity index (χ4v) is 4.33. The molecule has 1 heterocycles. The van der Waals surface area contributed by atoms with E-state index in [0.29, 0.717) is 24.7 Å². The van der Waals surface area contributed by atoms with Gasteiger partial charge < -0.3 is 14.2 Å². The molecule has 1 aliphatic carbocycles. The van der Waals surface area contributed by atoms with Crippen molar-refractivity contribution < 1.29 is 22.6 Å². The van der Waals surface area contributed by atoms with E-state index in [2.05, 4.69) is 4.72 Å². The first-order valence-electron chi connectivity index (χ1n) is 8.03. The molecule has 0 aromatic heterocycles. The second-order valence-electron chi connectivity index (χ2n) is 5.99. The molecule has 0 saturated heterocycles. The van der Waals surface area contributed by atoms with Gasteiger partial charge in [0, 0.05) is 25.6 Å². The van der Waals surface area contributed by atoms with Gasteiger partial charge in [0.05, 0.1) is 24.2 Å². The summed E-state index contributed by atoms with van der Waals surface area (Å²) in [6.45, 7) is 1.12. The summed E-state index contributed by atoms with van der Waals surface area (Å²) in [7, 11) is -1.85. The average molecular weight is 341 g/mol. The van der Waals surface area contributed by atoms with Gasteiger partial charge in [0.1, 0.15) is 0 Å². The predicted octanol–water partition coefficient (Wildman–Crippen LogP) is 2.08. The smallest absolute Gasteiger partial charge is 0.240 e. The maximum absolute atomic E-state index is 12.6. The second kappa shape index (κ2) is 7.07. The van der Waals surface area contributed by atoms with Gasteiger partial charge >= 0.3 is 0 Å². The molecule has 23 heavy (non-hydrogen) atoms. The summed E-state index contributed by atoms with van der Waals surface area (Å²) in [6, 6.07) is 4.74. The van der Waals surface area contributed by atoms with E-state index in [-0.39, 0.29) is 17.0 Å². The van der Waals surface area contributed by atoms with Crippen molar-refractivity contribution in [2.45, 2.75) is 49.1 Å². The third kappa shape index (κ3) is 3.97. The lowest BCUT2D eigenvalue weighted by Gasteiger charge is -2.28. The number of nitrogens with one attached hydrogen (secondary N) is 1. The highest BCUT2D eigenvalue weighted by molar-refractivity contribution is 7.89. The first-order chi connectivity index (χ1) is 11.1. The molecule has 1 saturated carbocycles. The molecule has 1 fully saturated rings. The molecular weight excluding hydrogens is 318 g/mol. The normalized spacial score (nSPS) is 24.9. The van der Waals surface area contributed by atoms with E-state index >= 15 is 0 Å². The monoisotopic (exact) mass is 341 g/mol. The van der Waals surface area contributed by atoms with E-state index < -0.39 is 10.0 Å². The summed E-state index contributed by atoms with van der Waals surface area (Å²) >= 11 is 0. The topological polar surface area (TPSA) is 73.9 Å². The van der Waals surface area contributed by atoms with Crippen LogP contribution in [-0.4, -0.2) is 40.9 Å². The minimum absolute atomic E-state index is 0.0395. The van der Waals surface area contributed by atoms with Crippen molar-refractivity contribution in [1.82, 2.24) is 4.72 Å². The van der Waals surface area contributed by atoms with Crippen molar-refractivity contribution in [3.05, 3.63) is 18.2 Å². The Morgan fingerprint density at radius 2 is 1.78 bits per heavy atom. The Hall–Kier alpha value is -1.31. The van der Waals surface area contributed by atoms with Crippen molar-refractivity contribution in [3.63, 3.8) is 0 Å². The van der Waals surface area contributed by atoms with E-state index in [4.69, 9.17) is 14.2 Å². The van der Waals surface area contributed by atoms with Crippen molar-refractivity contribution in [2.75, 3.05) is 20.3 Å². The summed E-state index contributed by atoms with van der Waals surface area (Å²) < 4.78 is 44.4. The minimum atomic E-state index is -3.56. The number of fused-ring (bicyclic) bond motifs is 1. The van der Waals surface area contributed by atoms with Crippen LogP contribution >= 0.6 is 0 Å². The summed E-state index contributed by atoms with van der Waals surface area (Å²) in [5, 5.41) is 0. The summed E-state index contributed by atoms with van der Waals surface area (Å²) in [4.78, 5) is 0.218. The average Bonchev–Trinajstić information content (AvgIpc) is 2.80. The van der Waals surface area contributed by atoms with Crippen molar-refractivity contribution >= 4 is 10.0 Å². The molecule has 0 spiro atoms. The SMILES string of the molecule is COC1CCC(NS(=O)(=O)c2ccc3c(c2)OCCCO3)CC1. The van der Waals surface area contributed by atoms with Crippen molar-refractivity contribution in [1.29, 1.82) is 0 Å². The molecule has 0 radical (unpaired) electrons. The summed E-state index contributed by atoms with van der Waals surface area (Å²) in [5.41, 5.74) is 0. The zero-order chi connectivity index (χ0) is 16.3. The lowest BCUT2D eigenvalue weighted by atomic mass is 9.94. The summed E-state index contributed by atoms with van der Waals surface area (Å²) in [5.74, 6) is 1.09. The van der Waals surface area contributed by atoms with Crippen LogP contribution in [0, 0.1) is 0 Å². The Balaban J connectivity index is 1.71. The highest BCUT2D eigenvalue weighted by Gasteiger charge is 2.26. The molecule has 0 atom stereocenters. The van der Waals surface area contributed by atoms with Crippen LogP contribution in [0.15, 0.2) is 23.1 Å². The van der Waals surface area contributed by atoms with Gasteiger partial charge in [-0.25, -0.2) is 13.1 Å². The van der Waals surface area contributed by atoms with Gasteiger partial charge in [-0.05, 0) is 37.8 Å². The Morgan fingerprint density at radius 1 is 1.09 bits per heavy atom. The number of rotatable bonds is 4. The molecule has 0 unspecified atom stereocenters.